The summed E-state index contributed by atoms with van der Waals surface area (Å²) in [7, 11) is 1.36. The number of aryl methyl sites for hydroxylation is 1. The van der Waals surface area contributed by atoms with Crippen molar-refractivity contribution in [3.63, 3.8) is 0 Å². The largest absolute Gasteiger partial charge is 0.464 e. The van der Waals surface area contributed by atoms with Crippen molar-refractivity contribution < 1.29 is 28.5 Å². The van der Waals surface area contributed by atoms with Crippen LogP contribution in [0.1, 0.15) is 72.1 Å². The molecule has 3 rings (SSSR count). The maximum atomic E-state index is 11.9. The average Bonchev–Trinajstić information content (AvgIpc) is 3.08. The van der Waals surface area contributed by atoms with Gasteiger partial charge in [-0.05, 0) is 56.2 Å². The number of carbonyl (C=O) groups is 1. The smallest absolute Gasteiger partial charge is 0.356 e. The van der Waals surface area contributed by atoms with Crippen LogP contribution < -0.4 is 0 Å². The molecule has 12 heteroatoms. The van der Waals surface area contributed by atoms with E-state index in [9.17, 15) is 4.79 Å². The zero-order valence-electron chi connectivity index (χ0n) is 28.3. The zero-order chi connectivity index (χ0) is 33.4. The van der Waals surface area contributed by atoms with E-state index in [0.29, 0.717) is 78.2 Å². The number of ether oxygens (including phenoxy) is 5. The number of hydrogen-bond donors (Lipinski definition) is 0. The Bertz CT molecular complexity index is 1180. The number of aliphatic imine (C=N–C) groups is 1. The third-order valence-corrected chi connectivity index (χ3v) is 8.11. The highest BCUT2D eigenvalue weighted by Gasteiger charge is 2.22. The first kappa shape index (κ1) is 38.8. The summed E-state index contributed by atoms with van der Waals surface area (Å²) < 4.78 is 28.8. The van der Waals surface area contributed by atoms with Crippen LogP contribution in [-0.2, 0) is 30.2 Å². The topological polar surface area (TPSA) is 108 Å². The molecule has 1 unspecified atom stereocenters. The van der Waals surface area contributed by atoms with Gasteiger partial charge in [0.15, 0.2) is 0 Å². The molecule has 0 aliphatic carbocycles. The summed E-state index contributed by atoms with van der Waals surface area (Å²) in [6, 6.07) is 11.9. The van der Waals surface area contributed by atoms with E-state index in [0.717, 1.165) is 62.4 Å². The molecule has 3 heterocycles. The van der Waals surface area contributed by atoms with Crippen LogP contribution in [0.25, 0.3) is 0 Å². The first-order valence-electron chi connectivity index (χ1n) is 16.9. The molecule has 0 bridgehead atoms. The van der Waals surface area contributed by atoms with Crippen molar-refractivity contribution in [2.24, 2.45) is 4.99 Å². The van der Waals surface area contributed by atoms with Crippen molar-refractivity contribution in [2.45, 2.75) is 58.0 Å². The molecule has 1 atom stereocenters. The number of thiocarbonyl (C=S) groups is 1. The van der Waals surface area contributed by atoms with Gasteiger partial charge in [-0.15, -0.1) is 0 Å². The van der Waals surface area contributed by atoms with Gasteiger partial charge in [0.1, 0.15) is 5.69 Å². The Morgan fingerprint density at radius 2 is 1.47 bits per heavy atom. The van der Waals surface area contributed by atoms with Crippen molar-refractivity contribution in [3.05, 3.63) is 59.2 Å². The highest BCUT2D eigenvalue weighted by atomic mass is 32.1. The number of methoxy groups -OCH3 is 1. The van der Waals surface area contributed by atoms with E-state index < -0.39 is 5.97 Å². The second-order valence-electron chi connectivity index (χ2n) is 11.5. The lowest BCUT2D eigenvalue weighted by molar-refractivity contribution is 0.000266. The Balaban J connectivity index is 1.53. The SMILES string of the molecule is COC(=O)c1cccc(CN2CCOCCOCCN(C(CCCCCCCN=C=S)c3cccc(C)n3)CCOCCOCC2)n1. The van der Waals surface area contributed by atoms with Gasteiger partial charge in [0.2, 0.25) is 0 Å². The lowest BCUT2D eigenvalue weighted by Crippen LogP contribution is -2.36. The molecule has 2 aromatic rings. The highest BCUT2D eigenvalue weighted by molar-refractivity contribution is 7.78. The molecule has 1 aliphatic rings. The molecule has 0 aromatic carbocycles. The molecule has 2 aromatic heterocycles. The summed E-state index contributed by atoms with van der Waals surface area (Å²) in [5.74, 6) is -0.444. The predicted molar refractivity (Wildman–Crippen MR) is 185 cm³/mol. The van der Waals surface area contributed by atoms with Gasteiger partial charge in [0.05, 0.1) is 82.6 Å². The summed E-state index contributed by atoms with van der Waals surface area (Å²) in [6.45, 7) is 10.7. The summed E-state index contributed by atoms with van der Waals surface area (Å²) in [6.07, 6.45) is 6.73. The standard InChI is InChI=1S/C35H53N5O6S/c1-30-10-8-12-32(37-30)34(14-6-4-3-5-7-15-36-29-47)40-18-22-45-26-24-43-20-16-39(17-21-44-25-27-46-23-19-40)28-31-11-9-13-33(38-31)35(41)42-2/h8-13,34H,3-7,14-28H2,1-2H3. The van der Waals surface area contributed by atoms with Crippen molar-refractivity contribution >= 4 is 23.3 Å². The monoisotopic (exact) mass is 671 g/mol. The Kier molecular flexibility index (Phi) is 20.2. The van der Waals surface area contributed by atoms with Gasteiger partial charge in [0.25, 0.3) is 0 Å². The van der Waals surface area contributed by atoms with Gasteiger partial charge in [-0.1, -0.05) is 37.8 Å². The van der Waals surface area contributed by atoms with Crippen molar-refractivity contribution in [1.82, 2.24) is 19.8 Å². The van der Waals surface area contributed by atoms with Crippen LogP contribution in [0.5, 0.6) is 0 Å². The van der Waals surface area contributed by atoms with Crippen LogP contribution in [0.4, 0.5) is 0 Å². The zero-order valence-corrected chi connectivity index (χ0v) is 29.1. The van der Waals surface area contributed by atoms with Crippen LogP contribution in [0.3, 0.4) is 0 Å². The quantitative estimate of drug-likeness (QED) is 0.125. The molecule has 11 nitrogen and oxygen atoms in total. The van der Waals surface area contributed by atoms with Crippen LogP contribution in [0.15, 0.2) is 41.4 Å². The molecule has 1 saturated heterocycles. The Morgan fingerprint density at radius 3 is 2.11 bits per heavy atom. The van der Waals surface area contributed by atoms with E-state index in [4.69, 9.17) is 28.7 Å². The average molecular weight is 672 g/mol. The molecule has 0 amide bonds. The minimum Gasteiger partial charge on any atom is -0.464 e. The van der Waals surface area contributed by atoms with Crippen molar-refractivity contribution in [2.75, 3.05) is 92.7 Å². The van der Waals surface area contributed by atoms with Crippen molar-refractivity contribution in [3.8, 4) is 0 Å². The molecule has 1 aliphatic heterocycles. The van der Waals surface area contributed by atoms with E-state index >= 15 is 0 Å². The minimum absolute atomic E-state index is 0.188. The third kappa shape index (κ3) is 16.3. The second kappa shape index (κ2) is 24.5. The fourth-order valence-electron chi connectivity index (χ4n) is 5.48. The number of rotatable bonds is 13. The molecule has 0 spiro atoms. The molecule has 260 valence electrons. The molecule has 0 radical (unpaired) electrons. The van der Waals surface area contributed by atoms with E-state index in [1.807, 2.05) is 25.1 Å². The molecule has 0 N–H and O–H groups in total. The maximum absolute atomic E-state index is 11.9. The van der Waals surface area contributed by atoms with E-state index in [1.54, 1.807) is 6.07 Å². The number of hydrogen-bond acceptors (Lipinski definition) is 12. The predicted octanol–water partition coefficient (Wildman–Crippen LogP) is 4.94. The number of pyridine rings is 2. The van der Waals surface area contributed by atoms with E-state index in [2.05, 4.69) is 49.3 Å². The number of unbranched alkanes of at least 4 members (excludes halogenated alkanes) is 4. The van der Waals surface area contributed by atoms with Crippen LogP contribution in [0, 0.1) is 6.92 Å². The third-order valence-electron chi connectivity index (χ3n) is 7.98. The van der Waals surface area contributed by atoms with Gasteiger partial charge < -0.3 is 23.7 Å². The number of esters is 1. The van der Waals surface area contributed by atoms with Gasteiger partial charge >= 0.3 is 5.97 Å². The van der Waals surface area contributed by atoms with E-state index in [-0.39, 0.29) is 6.04 Å². The van der Waals surface area contributed by atoms with Gasteiger partial charge in [-0.3, -0.25) is 14.8 Å². The van der Waals surface area contributed by atoms with Crippen LogP contribution in [0.2, 0.25) is 0 Å². The summed E-state index contributed by atoms with van der Waals surface area (Å²) in [5, 5.41) is 2.45. The maximum Gasteiger partial charge on any atom is 0.356 e. The minimum atomic E-state index is -0.444. The normalized spacial score (nSPS) is 17.6. The first-order chi connectivity index (χ1) is 23.1. The Labute approximate surface area is 286 Å². The second-order valence-corrected chi connectivity index (χ2v) is 11.7. The summed E-state index contributed by atoms with van der Waals surface area (Å²) in [5.41, 5.74) is 3.22. The summed E-state index contributed by atoms with van der Waals surface area (Å²) in [4.78, 5) is 30.0. The van der Waals surface area contributed by atoms with Crippen LogP contribution in [-0.4, -0.2) is 124 Å². The fraction of sp³-hybridized carbons (Fsp3) is 0.657. The highest BCUT2D eigenvalue weighted by Crippen LogP contribution is 2.26. The lowest BCUT2D eigenvalue weighted by Gasteiger charge is -2.32. The van der Waals surface area contributed by atoms with Gasteiger partial charge in [-0.25, -0.2) is 14.8 Å². The number of isothiocyanates is 1. The Hall–Kier alpha value is -2.67. The molecule has 1 fully saturated rings. The van der Waals surface area contributed by atoms with Gasteiger partial charge in [0, 0.05) is 45.0 Å². The summed E-state index contributed by atoms with van der Waals surface area (Å²) >= 11 is 4.66. The molecule has 0 saturated carbocycles. The fourth-order valence-corrected chi connectivity index (χ4v) is 5.57. The number of carbonyl (C=O) groups excluding carboxylic acids is 1. The lowest BCUT2D eigenvalue weighted by atomic mass is 10.0. The van der Waals surface area contributed by atoms with Crippen molar-refractivity contribution in [1.29, 1.82) is 0 Å². The number of aromatic nitrogens is 2. The first-order valence-corrected chi connectivity index (χ1v) is 17.3. The number of nitrogens with zero attached hydrogens (tertiary/aromatic N) is 5. The molecular weight excluding hydrogens is 618 g/mol. The van der Waals surface area contributed by atoms with Crippen LogP contribution >= 0.6 is 12.2 Å². The van der Waals surface area contributed by atoms with E-state index in [1.165, 1.54) is 20.0 Å². The molecular formula is C35H53N5O6S. The molecule has 47 heavy (non-hydrogen) atoms. The Morgan fingerprint density at radius 1 is 0.851 bits per heavy atom. The van der Waals surface area contributed by atoms with Gasteiger partial charge in [-0.2, -0.15) is 0 Å².